The van der Waals surface area contributed by atoms with Crippen LogP contribution >= 0.6 is 0 Å². The molecular formula is C15H21NO3. The molecule has 1 amide bonds. The van der Waals surface area contributed by atoms with E-state index in [1.165, 1.54) is 0 Å². The summed E-state index contributed by atoms with van der Waals surface area (Å²) in [6.45, 7) is 4.37. The molecule has 0 radical (unpaired) electrons. The second-order valence-electron chi connectivity index (χ2n) is 4.57. The van der Waals surface area contributed by atoms with Crippen molar-refractivity contribution < 1.29 is 14.7 Å². The first-order valence-electron chi connectivity index (χ1n) is 6.64. The van der Waals surface area contributed by atoms with Crippen LogP contribution in [0.4, 0.5) is 0 Å². The van der Waals surface area contributed by atoms with Gasteiger partial charge in [0.05, 0.1) is 6.42 Å². The maximum absolute atomic E-state index is 11.9. The first-order valence-corrected chi connectivity index (χ1v) is 6.64. The molecule has 0 aromatic heterocycles. The molecule has 0 aliphatic heterocycles. The number of nitrogens with one attached hydrogen (secondary N) is 1. The van der Waals surface area contributed by atoms with Crippen LogP contribution in [0, 0.1) is 5.92 Å². The summed E-state index contributed by atoms with van der Waals surface area (Å²) >= 11 is 0. The van der Waals surface area contributed by atoms with Crippen LogP contribution in [-0.2, 0) is 22.6 Å². The van der Waals surface area contributed by atoms with E-state index < -0.39 is 5.97 Å². The Balaban J connectivity index is 2.67. The van der Waals surface area contributed by atoms with Gasteiger partial charge in [-0.15, -0.1) is 0 Å². The fraction of sp³-hybridized carbons (Fsp3) is 0.467. The molecule has 0 bridgehead atoms. The van der Waals surface area contributed by atoms with E-state index in [1.54, 1.807) is 6.07 Å². The molecule has 0 saturated heterocycles. The smallest absolute Gasteiger partial charge is 0.307 e. The molecule has 19 heavy (non-hydrogen) atoms. The summed E-state index contributed by atoms with van der Waals surface area (Å²) in [7, 11) is 0. The first kappa shape index (κ1) is 15.2. The van der Waals surface area contributed by atoms with Crippen molar-refractivity contribution in [2.75, 3.05) is 0 Å². The molecule has 0 spiro atoms. The van der Waals surface area contributed by atoms with Crippen LogP contribution in [0.2, 0.25) is 0 Å². The first-order chi connectivity index (χ1) is 9.08. The van der Waals surface area contributed by atoms with E-state index in [0.29, 0.717) is 6.54 Å². The Labute approximate surface area is 113 Å². The van der Waals surface area contributed by atoms with Gasteiger partial charge >= 0.3 is 5.97 Å². The van der Waals surface area contributed by atoms with E-state index in [1.807, 2.05) is 32.0 Å². The SMILES string of the molecule is CCC(CC)C(=O)NCc1ccccc1CC(=O)O. The van der Waals surface area contributed by atoms with Gasteiger partial charge in [-0.2, -0.15) is 0 Å². The third-order valence-corrected chi connectivity index (χ3v) is 3.27. The lowest BCUT2D eigenvalue weighted by molar-refractivity contribution is -0.136. The molecule has 4 nitrogen and oxygen atoms in total. The standard InChI is InChI=1S/C15H21NO3/c1-3-11(4-2)15(19)16-10-13-8-6-5-7-12(13)9-14(17)18/h5-8,11H,3-4,9-10H2,1-2H3,(H,16,19)(H,17,18). The van der Waals surface area contributed by atoms with E-state index in [0.717, 1.165) is 24.0 Å². The number of carbonyl (C=O) groups is 2. The normalized spacial score (nSPS) is 10.5. The van der Waals surface area contributed by atoms with Crippen LogP contribution in [0.5, 0.6) is 0 Å². The Morgan fingerprint density at radius 3 is 2.26 bits per heavy atom. The summed E-state index contributed by atoms with van der Waals surface area (Å²) in [6.07, 6.45) is 1.62. The minimum absolute atomic E-state index is 0.0168. The quantitative estimate of drug-likeness (QED) is 0.793. The topological polar surface area (TPSA) is 66.4 Å². The fourth-order valence-corrected chi connectivity index (χ4v) is 2.05. The Morgan fingerprint density at radius 2 is 1.74 bits per heavy atom. The van der Waals surface area contributed by atoms with Crippen molar-refractivity contribution in [3.8, 4) is 0 Å². The summed E-state index contributed by atoms with van der Waals surface area (Å²) < 4.78 is 0. The van der Waals surface area contributed by atoms with Gasteiger partial charge < -0.3 is 10.4 Å². The summed E-state index contributed by atoms with van der Waals surface area (Å²) in [5, 5.41) is 11.7. The molecule has 0 fully saturated rings. The number of benzene rings is 1. The largest absolute Gasteiger partial charge is 0.481 e. The zero-order chi connectivity index (χ0) is 14.3. The highest BCUT2D eigenvalue weighted by Crippen LogP contribution is 2.11. The predicted molar refractivity (Wildman–Crippen MR) is 73.7 cm³/mol. The van der Waals surface area contributed by atoms with Gasteiger partial charge in [0.15, 0.2) is 0 Å². The minimum Gasteiger partial charge on any atom is -0.481 e. The minimum atomic E-state index is -0.862. The molecule has 0 atom stereocenters. The van der Waals surface area contributed by atoms with E-state index in [9.17, 15) is 9.59 Å². The zero-order valence-corrected chi connectivity index (χ0v) is 11.5. The highest BCUT2D eigenvalue weighted by Gasteiger charge is 2.14. The molecule has 0 heterocycles. The molecule has 1 aromatic rings. The van der Waals surface area contributed by atoms with Gasteiger partial charge in [-0.3, -0.25) is 9.59 Å². The number of hydrogen-bond donors (Lipinski definition) is 2. The number of amides is 1. The average molecular weight is 263 g/mol. The van der Waals surface area contributed by atoms with Gasteiger partial charge in [0.25, 0.3) is 0 Å². The van der Waals surface area contributed by atoms with Crippen molar-refractivity contribution in [2.24, 2.45) is 5.92 Å². The number of hydrogen-bond acceptors (Lipinski definition) is 2. The van der Waals surface area contributed by atoms with Crippen LogP contribution in [0.3, 0.4) is 0 Å². The van der Waals surface area contributed by atoms with Gasteiger partial charge in [-0.1, -0.05) is 38.1 Å². The van der Waals surface area contributed by atoms with Crippen molar-refractivity contribution in [1.29, 1.82) is 0 Å². The van der Waals surface area contributed by atoms with Gasteiger partial charge in [0, 0.05) is 12.5 Å². The molecule has 0 aliphatic rings. The Hall–Kier alpha value is -1.84. The van der Waals surface area contributed by atoms with E-state index in [-0.39, 0.29) is 18.2 Å². The maximum Gasteiger partial charge on any atom is 0.307 e. The van der Waals surface area contributed by atoms with Gasteiger partial charge in [0.1, 0.15) is 0 Å². The second-order valence-corrected chi connectivity index (χ2v) is 4.57. The van der Waals surface area contributed by atoms with Gasteiger partial charge in [-0.05, 0) is 24.0 Å². The molecule has 0 aliphatic carbocycles. The fourth-order valence-electron chi connectivity index (χ4n) is 2.05. The molecule has 104 valence electrons. The van der Waals surface area contributed by atoms with E-state index >= 15 is 0 Å². The van der Waals surface area contributed by atoms with Crippen LogP contribution in [0.25, 0.3) is 0 Å². The summed E-state index contributed by atoms with van der Waals surface area (Å²) in [4.78, 5) is 22.7. The maximum atomic E-state index is 11.9. The summed E-state index contributed by atoms with van der Waals surface area (Å²) in [6, 6.07) is 7.30. The third kappa shape index (κ3) is 4.73. The lowest BCUT2D eigenvalue weighted by Crippen LogP contribution is -2.30. The third-order valence-electron chi connectivity index (χ3n) is 3.27. The molecule has 1 aromatic carbocycles. The lowest BCUT2D eigenvalue weighted by atomic mass is 10.0. The van der Waals surface area contributed by atoms with E-state index in [2.05, 4.69) is 5.32 Å². The molecule has 2 N–H and O–H groups in total. The van der Waals surface area contributed by atoms with Crippen LogP contribution < -0.4 is 5.32 Å². The number of carboxylic acids is 1. The van der Waals surface area contributed by atoms with Crippen LogP contribution in [0.1, 0.15) is 37.8 Å². The summed E-state index contributed by atoms with van der Waals surface area (Å²) in [5.41, 5.74) is 1.61. The zero-order valence-electron chi connectivity index (χ0n) is 11.5. The number of rotatable bonds is 7. The average Bonchev–Trinajstić information content (AvgIpc) is 2.38. The molecule has 0 saturated carbocycles. The van der Waals surface area contributed by atoms with Crippen molar-refractivity contribution in [1.82, 2.24) is 5.32 Å². The monoisotopic (exact) mass is 263 g/mol. The van der Waals surface area contributed by atoms with Crippen molar-refractivity contribution >= 4 is 11.9 Å². The van der Waals surface area contributed by atoms with Crippen molar-refractivity contribution in [2.45, 2.75) is 39.7 Å². The van der Waals surface area contributed by atoms with Crippen molar-refractivity contribution in [3.63, 3.8) is 0 Å². The molecule has 4 heteroatoms. The molecular weight excluding hydrogens is 242 g/mol. The van der Waals surface area contributed by atoms with Crippen molar-refractivity contribution in [3.05, 3.63) is 35.4 Å². The van der Waals surface area contributed by atoms with Gasteiger partial charge in [0.2, 0.25) is 5.91 Å². The molecule has 0 unspecified atom stereocenters. The summed E-state index contributed by atoms with van der Waals surface area (Å²) in [5.74, 6) is -0.791. The highest BCUT2D eigenvalue weighted by molar-refractivity contribution is 5.78. The second kappa shape index (κ2) is 7.56. The van der Waals surface area contributed by atoms with Crippen LogP contribution in [0.15, 0.2) is 24.3 Å². The number of carbonyl (C=O) groups excluding carboxylic acids is 1. The highest BCUT2D eigenvalue weighted by atomic mass is 16.4. The number of carboxylic acid groups (broad SMARTS) is 1. The Bertz CT molecular complexity index is 439. The van der Waals surface area contributed by atoms with E-state index in [4.69, 9.17) is 5.11 Å². The van der Waals surface area contributed by atoms with Crippen LogP contribution in [-0.4, -0.2) is 17.0 Å². The predicted octanol–water partition coefficient (Wildman–Crippen LogP) is 2.37. The lowest BCUT2D eigenvalue weighted by Gasteiger charge is -2.14. The molecule has 1 rings (SSSR count). The van der Waals surface area contributed by atoms with Gasteiger partial charge in [-0.25, -0.2) is 0 Å². The Kier molecular flexibility index (Phi) is 6.06. The number of aliphatic carboxylic acids is 1. The Morgan fingerprint density at radius 1 is 1.16 bits per heavy atom.